The van der Waals surface area contributed by atoms with Crippen LogP contribution in [0.3, 0.4) is 0 Å². The predicted octanol–water partition coefficient (Wildman–Crippen LogP) is 4.83. The van der Waals surface area contributed by atoms with Crippen molar-refractivity contribution < 1.29 is 14.3 Å². The molecule has 1 fully saturated rings. The average molecular weight is 495 g/mol. The molecule has 0 radical (unpaired) electrons. The topological polar surface area (TPSA) is 76.5 Å². The van der Waals surface area contributed by atoms with Gasteiger partial charge in [-0.25, -0.2) is 0 Å². The van der Waals surface area contributed by atoms with E-state index in [4.69, 9.17) is 16.3 Å². The van der Waals surface area contributed by atoms with Crippen LogP contribution < -0.4 is 5.32 Å². The third-order valence-electron chi connectivity index (χ3n) is 5.76. The van der Waals surface area contributed by atoms with Crippen LogP contribution in [0.15, 0.2) is 54.6 Å². The molecule has 0 unspecified atom stereocenters. The van der Waals surface area contributed by atoms with Crippen molar-refractivity contribution in [2.75, 3.05) is 31.6 Å². The predicted molar refractivity (Wildman–Crippen MR) is 134 cm³/mol. The van der Waals surface area contributed by atoms with Gasteiger partial charge >= 0.3 is 0 Å². The van der Waals surface area contributed by atoms with Crippen LogP contribution >= 0.6 is 22.9 Å². The van der Waals surface area contributed by atoms with E-state index in [1.54, 1.807) is 29.2 Å². The molecule has 1 N–H and O–H groups in total. The molecule has 1 aliphatic heterocycles. The largest absolute Gasteiger partial charge is 0.378 e. The fraction of sp³-hybridized carbons (Fsp3) is 0.240. The molecule has 5 rings (SSSR count). The molecular formula is C25H23ClN4O3S. The Morgan fingerprint density at radius 2 is 1.79 bits per heavy atom. The quantitative estimate of drug-likeness (QED) is 0.431. The van der Waals surface area contributed by atoms with E-state index in [-0.39, 0.29) is 11.8 Å². The van der Waals surface area contributed by atoms with Crippen molar-refractivity contribution in [1.29, 1.82) is 0 Å². The summed E-state index contributed by atoms with van der Waals surface area (Å²) in [5.74, 6) is -0.211. The number of ether oxygens (including phenoxy) is 1. The van der Waals surface area contributed by atoms with E-state index in [1.165, 1.54) is 11.3 Å². The molecule has 0 spiro atoms. The van der Waals surface area contributed by atoms with E-state index in [0.29, 0.717) is 54.0 Å². The van der Waals surface area contributed by atoms with Gasteiger partial charge in [0, 0.05) is 34.7 Å². The maximum Gasteiger partial charge on any atom is 0.265 e. The number of aromatic nitrogens is 2. The molecule has 34 heavy (non-hydrogen) atoms. The van der Waals surface area contributed by atoms with Crippen LogP contribution in [-0.4, -0.2) is 52.8 Å². The highest BCUT2D eigenvalue weighted by Crippen LogP contribution is 2.29. The van der Waals surface area contributed by atoms with Gasteiger partial charge in [-0.2, -0.15) is 5.10 Å². The zero-order valence-electron chi connectivity index (χ0n) is 18.6. The van der Waals surface area contributed by atoms with Crippen molar-refractivity contribution in [3.05, 3.63) is 81.3 Å². The standard InChI is InChI=1S/C25H23ClN4O3S/c1-16-21-14-22(34-25(21)30(28-16)15-17-2-6-19(26)7-3-17)23(31)27-20-8-4-18(5-9-20)24(32)29-10-12-33-13-11-29/h2-9,14H,10-13,15H2,1H3,(H,27,31). The first-order valence-electron chi connectivity index (χ1n) is 11.0. The first-order chi connectivity index (χ1) is 16.5. The third-order valence-corrected chi connectivity index (χ3v) is 7.16. The van der Waals surface area contributed by atoms with Crippen LogP contribution in [0.1, 0.15) is 31.3 Å². The van der Waals surface area contributed by atoms with E-state index in [9.17, 15) is 9.59 Å². The Bertz CT molecular complexity index is 1340. The Hall–Kier alpha value is -3.20. The molecule has 0 bridgehead atoms. The third kappa shape index (κ3) is 4.70. The van der Waals surface area contributed by atoms with Crippen LogP contribution in [0, 0.1) is 6.92 Å². The molecular weight excluding hydrogens is 472 g/mol. The summed E-state index contributed by atoms with van der Waals surface area (Å²) in [6, 6.07) is 16.5. The first kappa shape index (κ1) is 22.6. The smallest absolute Gasteiger partial charge is 0.265 e. The number of halogens is 1. The number of fused-ring (bicyclic) bond motifs is 1. The number of benzene rings is 2. The van der Waals surface area contributed by atoms with Crippen LogP contribution in [0.2, 0.25) is 5.02 Å². The minimum absolute atomic E-state index is 0.0219. The molecule has 2 aromatic heterocycles. The van der Waals surface area contributed by atoms with Gasteiger partial charge in [0.2, 0.25) is 0 Å². The number of nitrogens with zero attached hydrogens (tertiary/aromatic N) is 3. The summed E-state index contributed by atoms with van der Waals surface area (Å²) in [6.07, 6.45) is 0. The van der Waals surface area contributed by atoms with Gasteiger partial charge in [-0.15, -0.1) is 11.3 Å². The summed E-state index contributed by atoms with van der Waals surface area (Å²) in [4.78, 5) is 28.9. The average Bonchev–Trinajstić information content (AvgIpc) is 3.42. The lowest BCUT2D eigenvalue weighted by Crippen LogP contribution is -2.40. The maximum atomic E-state index is 12.9. The number of rotatable bonds is 5. The highest BCUT2D eigenvalue weighted by Gasteiger charge is 2.19. The van der Waals surface area contributed by atoms with Crippen molar-refractivity contribution in [1.82, 2.24) is 14.7 Å². The molecule has 1 aliphatic rings. The number of hydrogen-bond donors (Lipinski definition) is 1. The van der Waals surface area contributed by atoms with Crippen LogP contribution in [0.5, 0.6) is 0 Å². The highest BCUT2D eigenvalue weighted by molar-refractivity contribution is 7.20. The molecule has 3 heterocycles. The maximum absolute atomic E-state index is 12.9. The van der Waals surface area contributed by atoms with Crippen molar-refractivity contribution in [3.63, 3.8) is 0 Å². The molecule has 0 aliphatic carbocycles. The van der Waals surface area contributed by atoms with Gasteiger partial charge in [-0.3, -0.25) is 14.3 Å². The normalized spacial score (nSPS) is 13.9. The van der Waals surface area contributed by atoms with Gasteiger partial charge in [0.15, 0.2) is 0 Å². The number of morpholine rings is 1. The van der Waals surface area contributed by atoms with Gasteiger partial charge in [-0.1, -0.05) is 23.7 Å². The minimum atomic E-state index is -0.189. The number of anilines is 1. The number of thiophene rings is 1. The molecule has 1 saturated heterocycles. The fourth-order valence-electron chi connectivity index (χ4n) is 3.93. The Labute approximate surface area is 205 Å². The lowest BCUT2D eigenvalue weighted by Gasteiger charge is -2.26. The summed E-state index contributed by atoms with van der Waals surface area (Å²) in [7, 11) is 0. The molecule has 0 saturated carbocycles. The first-order valence-corrected chi connectivity index (χ1v) is 12.2. The summed E-state index contributed by atoms with van der Waals surface area (Å²) in [6.45, 7) is 4.86. The van der Waals surface area contributed by atoms with Crippen molar-refractivity contribution >= 4 is 50.7 Å². The monoisotopic (exact) mass is 494 g/mol. The molecule has 4 aromatic rings. The van der Waals surface area contributed by atoms with Gasteiger partial charge in [0.25, 0.3) is 11.8 Å². The van der Waals surface area contributed by atoms with Crippen LogP contribution in [-0.2, 0) is 11.3 Å². The number of hydrogen-bond acceptors (Lipinski definition) is 5. The van der Waals surface area contributed by atoms with Gasteiger partial charge in [0.05, 0.1) is 30.3 Å². The SMILES string of the molecule is Cc1nn(Cc2ccc(Cl)cc2)c2sc(C(=O)Nc3ccc(C(=O)N4CCOCC4)cc3)cc12. The van der Waals surface area contributed by atoms with Gasteiger partial charge < -0.3 is 15.0 Å². The van der Waals surface area contributed by atoms with Crippen molar-refractivity contribution in [3.8, 4) is 0 Å². The van der Waals surface area contributed by atoms with Gasteiger partial charge in [0.1, 0.15) is 4.83 Å². The summed E-state index contributed by atoms with van der Waals surface area (Å²) >= 11 is 7.40. The Morgan fingerprint density at radius 1 is 1.09 bits per heavy atom. The van der Waals surface area contributed by atoms with Gasteiger partial charge in [-0.05, 0) is 55.0 Å². The van der Waals surface area contributed by atoms with E-state index in [0.717, 1.165) is 21.5 Å². The molecule has 174 valence electrons. The fourth-order valence-corrected chi connectivity index (χ4v) is 5.11. The Balaban J connectivity index is 1.29. The number of aryl methyl sites for hydroxylation is 1. The number of amides is 2. The van der Waals surface area contributed by atoms with Crippen molar-refractivity contribution in [2.45, 2.75) is 13.5 Å². The highest BCUT2D eigenvalue weighted by atomic mass is 35.5. The zero-order chi connectivity index (χ0) is 23.7. The second kappa shape index (κ2) is 9.58. The summed E-state index contributed by atoms with van der Waals surface area (Å²) < 4.78 is 7.22. The van der Waals surface area contributed by atoms with E-state index in [1.807, 2.05) is 41.9 Å². The summed E-state index contributed by atoms with van der Waals surface area (Å²) in [5.41, 5.74) is 3.20. The minimum Gasteiger partial charge on any atom is -0.378 e. The van der Waals surface area contributed by atoms with E-state index < -0.39 is 0 Å². The lowest BCUT2D eigenvalue weighted by atomic mass is 10.1. The Kier molecular flexibility index (Phi) is 6.36. The zero-order valence-corrected chi connectivity index (χ0v) is 20.2. The Morgan fingerprint density at radius 3 is 2.50 bits per heavy atom. The van der Waals surface area contributed by atoms with E-state index in [2.05, 4.69) is 10.4 Å². The molecule has 2 aromatic carbocycles. The number of nitrogens with one attached hydrogen (secondary N) is 1. The van der Waals surface area contributed by atoms with Crippen LogP contribution in [0.4, 0.5) is 5.69 Å². The summed E-state index contributed by atoms with van der Waals surface area (Å²) in [5, 5.41) is 9.23. The molecule has 0 atom stereocenters. The number of carbonyl (C=O) groups excluding carboxylic acids is 2. The van der Waals surface area contributed by atoms with Crippen molar-refractivity contribution in [2.24, 2.45) is 0 Å². The molecule has 2 amide bonds. The lowest BCUT2D eigenvalue weighted by molar-refractivity contribution is 0.0303. The second-order valence-electron chi connectivity index (χ2n) is 8.14. The molecule has 9 heteroatoms. The van der Waals surface area contributed by atoms with E-state index >= 15 is 0 Å². The molecule has 7 nitrogen and oxygen atoms in total. The number of carbonyl (C=O) groups is 2. The van der Waals surface area contributed by atoms with Crippen LogP contribution in [0.25, 0.3) is 10.2 Å². The second-order valence-corrected chi connectivity index (χ2v) is 9.60.